The van der Waals surface area contributed by atoms with Crippen molar-refractivity contribution in [3.8, 4) is 0 Å². The predicted octanol–water partition coefficient (Wildman–Crippen LogP) is 4.14. The molecule has 0 saturated carbocycles. The molecule has 0 bridgehead atoms. The van der Waals surface area contributed by atoms with Crippen molar-refractivity contribution < 1.29 is 8.42 Å². The molecule has 3 aromatic rings. The molecule has 25 heavy (non-hydrogen) atoms. The molecule has 0 amide bonds. The van der Waals surface area contributed by atoms with Crippen LogP contribution in [0.3, 0.4) is 0 Å². The molecule has 0 aliphatic heterocycles. The van der Waals surface area contributed by atoms with Crippen LogP contribution in [0.25, 0.3) is 3.62 Å². The second-order valence-corrected chi connectivity index (χ2v) is 10.7. The number of hydrogen-bond donors (Lipinski definition) is 0. The summed E-state index contributed by atoms with van der Waals surface area (Å²) in [5, 5.41) is 1.94. The van der Waals surface area contributed by atoms with E-state index in [1.54, 1.807) is 24.3 Å². The molecule has 126 valence electrons. The number of halogens is 1. The van der Waals surface area contributed by atoms with Crippen molar-refractivity contribution in [2.24, 2.45) is 0 Å². The van der Waals surface area contributed by atoms with Crippen molar-refractivity contribution in [3.63, 3.8) is 0 Å². The van der Waals surface area contributed by atoms with Crippen molar-refractivity contribution in [1.29, 1.82) is 0 Å². The third-order valence-corrected chi connectivity index (χ3v) is 8.71. The molecule has 3 rings (SSSR count). The molecule has 0 fully saturated rings. The number of hydrogen-bond acceptors (Lipinski definition) is 2. The fourth-order valence-electron chi connectivity index (χ4n) is 2.20. The zero-order valence-electron chi connectivity index (χ0n) is 13.2. The summed E-state index contributed by atoms with van der Waals surface area (Å²) in [7, 11) is -3.53. The maximum atomic E-state index is 12.8. The summed E-state index contributed by atoms with van der Waals surface area (Å²) in [6, 6.07) is 26.0. The third-order valence-electron chi connectivity index (χ3n) is 3.43. The standard InChI is InChI=1S/C20H15ClO2STe/c21-17-11-13-18(14-12-17)24(22,23)15-20(16-7-3-1-4-8-16)25-19-9-5-2-6-10-19/h1-15H/b20-15+. The molecule has 0 radical (unpaired) electrons. The summed E-state index contributed by atoms with van der Waals surface area (Å²) in [6.45, 7) is 0. The van der Waals surface area contributed by atoms with E-state index in [9.17, 15) is 8.42 Å². The molecule has 0 aliphatic carbocycles. The van der Waals surface area contributed by atoms with E-state index >= 15 is 0 Å². The van der Waals surface area contributed by atoms with Gasteiger partial charge in [0.1, 0.15) is 0 Å². The van der Waals surface area contributed by atoms with Crippen molar-refractivity contribution >= 4 is 49.6 Å². The van der Waals surface area contributed by atoms with E-state index in [4.69, 9.17) is 11.6 Å². The van der Waals surface area contributed by atoms with Crippen molar-refractivity contribution in [2.75, 3.05) is 0 Å². The Kier molecular flexibility index (Phi) is 5.98. The van der Waals surface area contributed by atoms with Crippen LogP contribution in [0, 0.1) is 0 Å². The molecule has 0 saturated heterocycles. The minimum atomic E-state index is -3.53. The maximum absolute atomic E-state index is 12.8. The Morgan fingerprint density at radius 1 is 0.800 bits per heavy atom. The van der Waals surface area contributed by atoms with Crippen LogP contribution in [0.2, 0.25) is 5.02 Å². The van der Waals surface area contributed by atoms with E-state index in [1.165, 1.54) is 9.02 Å². The first-order valence-electron chi connectivity index (χ1n) is 7.55. The van der Waals surface area contributed by atoms with Crippen molar-refractivity contribution in [2.45, 2.75) is 4.90 Å². The number of sulfone groups is 1. The van der Waals surface area contributed by atoms with E-state index in [0.29, 0.717) is 5.02 Å². The normalized spacial score (nSPS) is 12.1. The molecule has 3 aromatic carbocycles. The minimum absolute atomic E-state index is 0.255. The Morgan fingerprint density at radius 3 is 1.96 bits per heavy atom. The van der Waals surface area contributed by atoms with Crippen LogP contribution < -0.4 is 3.61 Å². The molecule has 0 aliphatic rings. The van der Waals surface area contributed by atoms with Gasteiger partial charge in [-0.2, -0.15) is 0 Å². The fraction of sp³-hybridized carbons (Fsp3) is 0. The Labute approximate surface area is 163 Å². The van der Waals surface area contributed by atoms with Gasteiger partial charge < -0.3 is 0 Å². The van der Waals surface area contributed by atoms with Gasteiger partial charge in [-0.3, -0.25) is 0 Å². The molecule has 0 aromatic heterocycles. The summed E-state index contributed by atoms with van der Waals surface area (Å²) in [5.41, 5.74) is 0.950. The van der Waals surface area contributed by atoms with Gasteiger partial charge in [0.05, 0.1) is 0 Å². The van der Waals surface area contributed by atoms with Gasteiger partial charge in [-0.1, -0.05) is 0 Å². The van der Waals surface area contributed by atoms with E-state index < -0.39 is 30.8 Å². The zero-order valence-corrected chi connectivity index (χ0v) is 17.1. The van der Waals surface area contributed by atoms with Crippen LogP contribution in [-0.2, 0) is 9.84 Å². The average molecular weight is 482 g/mol. The van der Waals surface area contributed by atoms with Gasteiger partial charge in [0.2, 0.25) is 0 Å². The molecular weight excluding hydrogens is 467 g/mol. The molecule has 2 nitrogen and oxygen atoms in total. The topological polar surface area (TPSA) is 34.1 Å². The second-order valence-electron chi connectivity index (χ2n) is 5.26. The summed E-state index contributed by atoms with van der Waals surface area (Å²) in [6.07, 6.45) is 0. The fourth-order valence-corrected chi connectivity index (χ4v) is 7.23. The summed E-state index contributed by atoms with van der Waals surface area (Å²) in [4.78, 5) is 0.255. The number of benzene rings is 3. The van der Waals surface area contributed by atoms with Gasteiger partial charge in [0.25, 0.3) is 0 Å². The van der Waals surface area contributed by atoms with Gasteiger partial charge in [-0.05, 0) is 0 Å². The molecule has 5 heteroatoms. The van der Waals surface area contributed by atoms with Crippen LogP contribution in [0.1, 0.15) is 5.56 Å². The molecular formula is C20H15ClO2STe. The monoisotopic (exact) mass is 484 g/mol. The summed E-state index contributed by atoms with van der Waals surface area (Å²) in [5.74, 6) is 0. The van der Waals surface area contributed by atoms with Gasteiger partial charge >= 0.3 is 164 Å². The molecule has 0 N–H and O–H groups in total. The van der Waals surface area contributed by atoms with Gasteiger partial charge in [-0.25, -0.2) is 0 Å². The van der Waals surface area contributed by atoms with Gasteiger partial charge in [-0.15, -0.1) is 0 Å². The summed E-state index contributed by atoms with van der Waals surface area (Å²) < 4.78 is 27.7. The quantitative estimate of drug-likeness (QED) is 0.513. The summed E-state index contributed by atoms with van der Waals surface area (Å²) >= 11 is 5.03. The van der Waals surface area contributed by atoms with Crippen LogP contribution in [0.4, 0.5) is 0 Å². The van der Waals surface area contributed by atoms with Crippen molar-refractivity contribution in [1.82, 2.24) is 0 Å². The van der Waals surface area contributed by atoms with Crippen LogP contribution in [0.15, 0.2) is 95.2 Å². The molecule has 0 atom stereocenters. The predicted molar refractivity (Wildman–Crippen MR) is 105 cm³/mol. The SMILES string of the molecule is O=S(=O)(/C=C(/[Te]c1ccccc1)c1ccccc1)c1ccc(Cl)cc1. The molecule has 0 heterocycles. The third kappa shape index (κ3) is 4.96. The van der Waals surface area contributed by atoms with Crippen molar-refractivity contribution in [3.05, 3.63) is 101 Å². The van der Waals surface area contributed by atoms with Crippen LogP contribution >= 0.6 is 11.6 Å². The van der Waals surface area contributed by atoms with E-state index in [-0.39, 0.29) is 4.90 Å². The van der Waals surface area contributed by atoms with Crippen LogP contribution in [-0.4, -0.2) is 29.3 Å². The van der Waals surface area contributed by atoms with E-state index in [0.717, 1.165) is 9.18 Å². The molecule has 0 unspecified atom stereocenters. The average Bonchev–Trinajstić information content (AvgIpc) is 2.63. The van der Waals surface area contributed by atoms with Crippen LogP contribution in [0.5, 0.6) is 0 Å². The Hall–Kier alpha value is -1.57. The van der Waals surface area contributed by atoms with Gasteiger partial charge in [0, 0.05) is 0 Å². The first-order chi connectivity index (χ1) is 12.0. The Balaban J connectivity index is 2.04. The number of rotatable bonds is 5. The Bertz CT molecular complexity index is 967. The second kappa shape index (κ2) is 8.21. The molecule has 0 spiro atoms. The first-order valence-corrected chi connectivity index (χ1v) is 11.8. The first kappa shape index (κ1) is 18.2. The zero-order chi connectivity index (χ0) is 17.7. The van der Waals surface area contributed by atoms with E-state index in [2.05, 4.69) is 0 Å². The Morgan fingerprint density at radius 2 is 1.36 bits per heavy atom. The van der Waals surface area contributed by atoms with Gasteiger partial charge in [0.15, 0.2) is 0 Å². The van der Waals surface area contributed by atoms with E-state index in [1.807, 2.05) is 60.7 Å².